The number of halogens is 4. The van der Waals surface area contributed by atoms with Crippen molar-refractivity contribution in [1.29, 1.82) is 0 Å². The highest BCUT2D eigenvalue weighted by atomic mass is 35.5. The average Bonchev–Trinajstić information content (AvgIpc) is 3.35. The Bertz CT molecular complexity index is 1300. The molecule has 1 atom stereocenters. The highest BCUT2D eigenvalue weighted by Crippen LogP contribution is 2.35. The van der Waals surface area contributed by atoms with Gasteiger partial charge in [-0.2, -0.15) is 0 Å². The number of oxazole rings is 1. The SMILES string of the molecule is Fc1cc(-c2nc3cc(Cl)ccc3o2)ccc1C1CCC(c2c(F)cccc2F)=N1. The first-order valence-corrected chi connectivity index (χ1v) is 9.74. The van der Waals surface area contributed by atoms with Gasteiger partial charge in [-0.3, -0.25) is 4.99 Å². The third-order valence-electron chi connectivity index (χ3n) is 5.17. The van der Waals surface area contributed by atoms with E-state index in [4.69, 9.17) is 16.0 Å². The molecule has 0 bridgehead atoms. The van der Waals surface area contributed by atoms with Crippen molar-refractivity contribution in [3.8, 4) is 11.5 Å². The maximum Gasteiger partial charge on any atom is 0.227 e. The Labute approximate surface area is 174 Å². The van der Waals surface area contributed by atoms with Gasteiger partial charge in [0.25, 0.3) is 0 Å². The number of benzene rings is 3. The van der Waals surface area contributed by atoms with Crippen LogP contribution in [0.15, 0.2) is 64.0 Å². The summed E-state index contributed by atoms with van der Waals surface area (Å²) in [7, 11) is 0. The molecular weight excluding hydrogens is 413 g/mol. The standard InChI is InChI=1S/C23H14ClF3N2O/c24-13-5-9-21-20(11-13)29-23(30-21)12-4-6-14(17(27)10-12)18-7-8-19(28-18)22-15(25)2-1-3-16(22)26/h1-6,9-11,18H,7-8H2. The minimum Gasteiger partial charge on any atom is -0.436 e. The van der Waals surface area contributed by atoms with E-state index in [2.05, 4.69) is 9.98 Å². The van der Waals surface area contributed by atoms with E-state index in [1.165, 1.54) is 24.3 Å². The van der Waals surface area contributed by atoms with E-state index in [9.17, 15) is 13.2 Å². The second-order valence-electron chi connectivity index (χ2n) is 7.09. The molecule has 30 heavy (non-hydrogen) atoms. The summed E-state index contributed by atoms with van der Waals surface area (Å²) in [6, 6.07) is 12.9. The van der Waals surface area contributed by atoms with Gasteiger partial charge in [0, 0.05) is 21.9 Å². The zero-order valence-corrected chi connectivity index (χ0v) is 16.3. The molecule has 0 saturated heterocycles. The Hall–Kier alpha value is -3.12. The first kappa shape index (κ1) is 18.9. The molecule has 0 fully saturated rings. The Morgan fingerprint density at radius 1 is 0.933 bits per heavy atom. The van der Waals surface area contributed by atoms with E-state index >= 15 is 0 Å². The Kier molecular flexibility index (Phi) is 4.59. The lowest BCUT2D eigenvalue weighted by molar-refractivity contribution is 0.578. The van der Waals surface area contributed by atoms with Gasteiger partial charge >= 0.3 is 0 Å². The van der Waals surface area contributed by atoms with Crippen LogP contribution in [0, 0.1) is 17.5 Å². The van der Waals surface area contributed by atoms with E-state index in [0.29, 0.717) is 45.8 Å². The third kappa shape index (κ3) is 3.27. The van der Waals surface area contributed by atoms with Gasteiger partial charge in [-0.25, -0.2) is 18.2 Å². The number of fused-ring (bicyclic) bond motifs is 1. The molecule has 0 spiro atoms. The molecule has 5 rings (SSSR count). The predicted molar refractivity (Wildman–Crippen MR) is 109 cm³/mol. The van der Waals surface area contributed by atoms with Crippen molar-refractivity contribution >= 4 is 28.4 Å². The lowest BCUT2D eigenvalue weighted by atomic mass is 10.0. The largest absolute Gasteiger partial charge is 0.436 e. The fourth-order valence-electron chi connectivity index (χ4n) is 3.73. The second kappa shape index (κ2) is 7.29. The third-order valence-corrected chi connectivity index (χ3v) is 5.41. The van der Waals surface area contributed by atoms with Crippen LogP contribution in [0.2, 0.25) is 5.02 Å². The van der Waals surface area contributed by atoms with Crippen LogP contribution in [0.4, 0.5) is 13.2 Å². The molecule has 0 amide bonds. The van der Waals surface area contributed by atoms with E-state index in [0.717, 1.165) is 0 Å². The van der Waals surface area contributed by atoms with Crippen molar-refractivity contribution in [2.75, 3.05) is 0 Å². The van der Waals surface area contributed by atoms with Crippen LogP contribution in [0.25, 0.3) is 22.6 Å². The van der Waals surface area contributed by atoms with Gasteiger partial charge in [0.2, 0.25) is 5.89 Å². The predicted octanol–water partition coefficient (Wildman–Crippen LogP) is 6.89. The highest BCUT2D eigenvalue weighted by molar-refractivity contribution is 6.31. The topological polar surface area (TPSA) is 38.4 Å². The number of hydrogen-bond donors (Lipinski definition) is 0. The quantitative estimate of drug-likeness (QED) is 0.357. The fourth-order valence-corrected chi connectivity index (χ4v) is 3.90. The van der Waals surface area contributed by atoms with E-state index in [1.807, 2.05) is 0 Å². The van der Waals surface area contributed by atoms with E-state index < -0.39 is 23.5 Å². The van der Waals surface area contributed by atoms with Crippen molar-refractivity contribution in [2.24, 2.45) is 4.99 Å². The lowest BCUT2D eigenvalue weighted by Crippen LogP contribution is -2.03. The zero-order chi connectivity index (χ0) is 20.8. The van der Waals surface area contributed by atoms with Gasteiger partial charge < -0.3 is 4.42 Å². The number of rotatable bonds is 3. The molecular formula is C23H14ClF3N2O. The number of hydrogen-bond acceptors (Lipinski definition) is 3. The minimum atomic E-state index is -0.665. The molecule has 1 aliphatic rings. The van der Waals surface area contributed by atoms with Crippen molar-refractivity contribution in [2.45, 2.75) is 18.9 Å². The van der Waals surface area contributed by atoms with Gasteiger partial charge in [0.1, 0.15) is 23.0 Å². The molecule has 0 saturated carbocycles. The fraction of sp³-hybridized carbons (Fsp3) is 0.130. The van der Waals surface area contributed by atoms with Crippen molar-refractivity contribution in [1.82, 2.24) is 4.98 Å². The maximum atomic E-state index is 14.9. The molecule has 0 aliphatic carbocycles. The summed E-state index contributed by atoms with van der Waals surface area (Å²) in [6.45, 7) is 0. The van der Waals surface area contributed by atoms with Crippen molar-refractivity contribution in [3.05, 3.63) is 88.2 Å². The monoisotopic (exact) mass is 426 g/mol. The summed E-state index contributed by atoms with van der Waals surface area (Å²) in [5.74, 6) is -1.53. The molecule has 4 aromatic rings. The van der Waals surface area contributed by atoms with Gasteiger partial charge in [-0.05, 0) is 55.3 Å². The summed E-state index contributed by atoms with van der Waals surface area (Å²) in [6.07, 6.45) is 0.844. The minimum absolute atomic E-state index is 0.137. The van der Waals surface area contributed by atoms with E-state index in [1.54, 1.807) is 30.3 Å². The Morgan fingerprint density at radius 3 is 2.50 bits per heavy atom. The van der Waals surface area contributed by atoms with Crippen LogP contribution in [0.1, 0.15) is 30.0 Å². The summed E-state index contributed by atoms with van der Waals surface area (Å²) in [5.41, 5.74) is 2.16. The number of aromatic nitrogens is 1. The molecule has 0 N–H and O–H groups in total. The summed E-state index contributed by atoms with van der Waals surface area (Å²) >= 11 is 5.97. The molecule has 3 nitrogen and oxygen atoms in total. The summed E-state index contributed by atoms with van der Waals surface area (Å²) in [4.78, 5) is 8.76. The van der Waals surface area contributed by atoms with Gasteiger partial charge in [0.05, 0.1) is 11.6 Å². The highest BCUT2D eigenvalue weighted by Gasteiger charge is 2.26. The molecule has 1 unspecified atom stereocenters. The molecule has 1 aromatic heterocycles. The summed E-state index contributed by atoms with van der Waals surface area (Å²) in [5, 5.41) is 0.532. The van der Waals surface area contributed by atoms with Crippen LogP contribution in [-0.2, 0) is 0 Å². The molecule has 2 heterocycles. The Balaban J connectivity index is 1.47. The van der Waals surface area contributed by atoms with E-state index in [-0.39, 0.29) is 11.5 Å². The normalized spacial score (nSPS) is 16.3. The number of nitrogens with zero attached hydrogens (tertiary/aromatic N) is 2. The summed E-state index contributed by atoms with van der Waals surface area (Å²) < 4.78 is 48.7. The van der Waals surface area contributed by atoms with Crippen LogP contribution in [-0.4, -0.2) is 10.7 Å². The lowest BCUT2D eigenvalue weighted by Gasteiger charge is -2.09. The van der Waals surface area contributed by atoms with Crippen molar-refractivity contribution < 1.29 is 17.6 Å². The van der Waals surface area contributed by atoms with Crippen LogP contribution < -0.4 is 0 Å². The maximum absolute atomic E-state index is 14.9. The smallest absolute Gasteiger partial charge is 0.227 e. The van der Waals surface area contributed by atoms with Crippen LogP contribution in [0.3, 0.4) is 0 Å². The van der Waals surface area contributed by atoms with Gasteiger partial charge in [-0.15, -0.1) is 0 Å². The zero-order valence-electron chi connectivity index (χ0n) is 15.5. The molecule has 0 radical (unpaired) electrons. The molecule has 1 aliphatic heterocycles. The van der Waals surface area contributed by atoms with Gasteiger partial charge in [-0.1, -0.05) is 23.7 Å². The van der Waals surface area contributed by atoms with Gasteiger partial charge in [0.15, 0.2) is 5.58 Å². The first-order valence-electron chi connectivity index (χ1n) is 9.36. The Morgan fingerprint density at radius 2 is 1.73 bits per heavy atom. The molecule has 150 valence electrons. The van der Waals surface area contributed by atoms with Crippen molar-refractivity contribution in [3.63, 3.8) is 0 Å². The number of aliphatic imine (C=N–C) groups is 1. The molecule has 7 heteroatoms. The second-order valence-corrected chi connectivity index (χ2v) is 7.53. The van der Waals surface area contributed by atoms with Crippen LogP contribution >= 0.6 is 11.6 Å². The van der Waals surface area contributed by atoms with Crippen LogP contribution in [0.5, 0.6) is 0 Å². The molecule has 3 aromatic carbocycles. The average molecular weight is 427 g/mol. The first-order chi connectivity index (χ1) is 14.5.